The molecule has 0 aliphatic carbocycles. The topological polar surface area (TPSA) is 52.7 Å². The average Bonchev–Trinajstić information content (AvgIpc) is 2.75. The van der Waals surface area contributed by atoms with Crippen LogP contribution < -0.4 is 10.2 Å². The lowest BCUT2D eigenvalue weighted by Gasteiger charge is -2.46. The molecule has 0 unspecified atom stereocenters. The summed E-state index contributed by atoms with van der Waals surface area (Å²) in [7, 11) is 2.02. The lowest BCUT2D eigenvalue weighted by atomic mass is 9.97. The molecule has 1 fully saturated rings. The standard InChI is InChI=1S/C22H25N3O2S/c1-24-19-13-16(21(26)23-14-15-6-9-17(28-2)10-7-15)8-11-18(19)22(27)25-12-4-3-5-20(24)25/h6-11,13,20H,3-5,12,14H2,1-2H3,(H,23,26)/t20-/m1/s1. The predicted molar refractivity (Wildman–Crippen MR) is 113 cm³/mol. The number of fused-ring (bicyclic) bond motifs is 2. The van der Waals surface area contributed by atoms with Crippen LogP contribution in [0.4, 0.5) is 5.69 Å². The Morgan fingerprint density at radius 3 is 2.71 bits per heavy atom. The number of anilines is 1. The number of benzene rings is 2. The molecule has 1 saturated heterocycles. The summed E-state index contributed by atoms with van der Waals surface area (Å²) in [5, 5.41) is 2.98. The van der Waals surface area contributed by atoms with Gasteiger partial charge in [-0.25, -0.2) is 0 Å². The van der Waals surface area contributed by atoms with E-state index in [9.17, 15) is 9.59 Å². The molecule has 28 heavy (non-hydrogen) atoms. The van der Waals surface area contributed by atoms with Crippen LogP contribution in [0.25, 0.3) is 0 Å². The van der Waals surface area contributed by atoms with Gasteiger partial charge in [0.05, 0.1) is 11.3 Å². The molecule has 2 aromatic carbocycles. The fourth-order valence-corrected chi connectivity index (χ4v) is 4.45. The zero-order valence-electron chi connectivity index (χ0n) is 16.3. The van der Waals surface area contributed by atoms with E-state index in [1.165, 1.54) is 4.90 Å². The third kappa shape index (κ3) is 3.49. The average molecular weight is 396 g/mol. The van der Waals surface area contributed by atoms with Gasteiger partial charge in [0.2, 0.25) is 0 Å². The number of piperidine rings is 1. The highest BCUT2D eigenvalue weighted by molar-refractivity contribution is 7.98. The molecule has 0 radical (unpaired) electrons. The number of hydrogen-bond donors (Lipinski definition) is 1. The van der Waals surface area contributed by atoms with Gasteiger partial charge in [-0.2, -0.15) is 0 Å². The monoisotopic (exact) mass is 395 g/mol. The summed E-state index contributed by atoms with van der Waals surface area (Å²) in [6.07, 6.45) is 5.31. The van der Waals surface area contributed by atoms with Crippen LogP contribution in [0.5, 0.6) is 0 Å². The van der Waals surface area contributed by atoms with Gasteiger partial charge in [-0.15, -0.1) is 11.8 Å². The maximum Gasteiger partial charge on any atom is 0.257 e. The highest BCUT2D eigenvalue weighted by Crippen LogP contribution is 2.34. The van der Waals surface area contributed by atoms with Crippen molar-refractivity contribution in [2.75, 3.05) is 24.7 Å². The van der Waals surface area contributed by atoms with E-state index in [0.29, 0.717) is 17.7 Å². The van der Waals surface area contributed by atoms with E-state index in [4.69, 9.17) is 0 Å². The Morgan fingerprint density at radius 1 is 1.18 bits per heavy atom. The fourth-order valence-electron chi connectivity index (χ4n) is 4.04. The number of thioether (sulfide) groups is 1. The quantitative estimate of drug-likeness (QED) is 0.802. The van der Waals surface area contributed by atoms with Crippen molar-refractivity contribution < 1.29 is 9.59 Å². The highest BCUT2D eigenvalue weighted by Gasteiger charge is 2.37. The van der Waals surface area contributed by atoms with E-state index in [2.05, 4.69) is 22.3 Å². The Morgan fingerprint density at radius 2 is 1.96 bits per heavy atom. The lowest BCUT2D eigenvalue weighted by molar-refractivity contribution is 0.0589. The van der Waals surface area contributed by atoms with Crippen LogP contribution in [0.2, 0.25) is 0 Å². The first-order valence-electron chi connectivity index (χ1n) is 9.67. The first-order chi connectivity index (χ1) is 13.6. The van der Waals surface area contributed by atoms with E-state index in [1.54, 1.807) is 23.9 Å². The lowest BCUT2D eigenvalue weighted by Crippen LogP contribution is -2.55. The number of carbonyl (C=O) groups is 2. The summed E-state index contributed by atoms with van der Waals surface area (Å²) in [4.78, 5) is 30.8. The van der Waals surface area contributed by atoms with Crippen LogP contribution in [-0.2, 0) is 6.54 Å². The summed E-state index contributed by atoms with van der Waals surface area (Å²) in [6, 6.07) is 13.6. The van der Waals surface area contributed by atoms with E-state index < -0.39 is 0 Å². The van der Waals surface area contributed by atoms with Crippen LogP contribution in [-0.4, -0.2) is 42.7 Å². The first-order valence-corrected chi connectivity index (χ1v) is 10.9. The van der Waals surface area contributed by atoms with Crippen molar-refractivity contribution in [1.82, 2.24) is 10.2 Å². The van der Waals surface area contributed by atoms with E-state index >= 15 is 0 Å². The van der Waals surface area contributed by atoms with Crippen molar-refractivity contribution in [3.05, 3.63) is 59.2 Å². The smallest absolute Gasteiger partial charge is 0.257 e. The zero-order valence-corrected chi connectivity index (χ0v) is 17.1. The summed E-state index contributed by atoms with van der Waals surface area (Å²) < 4.78 is 0. The third-order valence-corrected chi connectivity index (χ3v) is 6.41. The molecule has 2 aromatic rings. The number of rotatable bonds is 4. The molecule has 4 rings (SSSR count). The Bertz CT molecular complexity index is 897. The molecule has 2 heterocycles. The molecule has 0 spiro atoms. The predicted octanol–water partition coefficient (Wildman–Crippen LogP) is 3.74. The molecule has 1 atom stereocenters. The van der Waals surface area contributed by atoms with E-state index in [-0.39, 0.29) is 18.0 Å². The minimum absolute atomic E-state index is 0.0821. The van der Waals surface area contributed by atoms with Crippen molar-refractivity contribution >= 4 is 29.3 Å². The van der Waals surface area contributed by atoms with Gasteiger partial charge in [-0.1, -0.05) is 12.1 Å². The molecule has 0 saturated carbocycles. The Hall–Kier alpha value is -2.47. The van der Waals surface area contributed by atoms with Gasteiger partial charge in [-0.05, 0) is 61.4 Å². The maximum atomic E-state index is 12.8. The number of nitrogens with zero attached hydrogens (tertiary/aromatic N) is 2. The Kier molecular flexibility index (Phi) is 5.31. The third-order valence-electron chi connectivity index (χ3n) is 5.66. The number of carbonyl (C=O) groups excluding carboxylic acids is 2. The van der Waals surface area contributed by atoms with Crippen LogP contribution >= 0.6 is 11.8 Å². The number of hydrogen-bond acceptors (Lipinski definition) is 4. The number of amides is 2. The van der Waals surface area contributed by atoms with Gasteiger partial charge >= 0.3 is 0 Å². The van der Waals surface area contributed by atoms with Gasteiger partial charge in [0.25, 0.3) is 11.8 Å². The summed E-state index contributed by atoms with van der Waals surface area (Å²) >= 11 is 1.70. The van der Waals surface area contributed by atoms with Crippen molar-refractivity contribution in [1.29, 1.82) is 0 Å². The highest BCUT2D eigenvalue weighted by atomic mass is 32.2. The fraction of sp³-hybridized carbons (Fsp3) is 0.364. The largest absolute Gasteiger partial charge is 0.354 e. The molecule has 1 N–H and O–H groups in total. The second kappa shape index (κ2) is 7.87. The van der Waals surface area contributed by atoms with Crippen molar-refractivity contribution in [2.45, 2.75) is 36.9 Å². The molecule has 2 aliphatic heterocycles. The SMILES string of the molecule is CSc1ccc(CNC(=O)c2ccc3c(c2)N(C)[C@H]2CCCCN2C3=O)cc1. The molecule has 0 bridgehead atoms. The van der Waals surface area contributed by atoms with Crippen molar-refractivity contribution in [3.8, 4) is 0 Å². The zero-order chi connectivity index (χ0) is 19.7. The second-order valence-electron chi connectivity index (χ2n) is 7.35. The van der Waals surface area contributed by atoms with Crippen LogP contribution in [0.1, 0.15) is 45.5 Å². The second-order valence-corrected chi connectivity index (χ2v) is 8.23. The molecule has 6 heteroatoms. The van der Waals surface area contributed by atoms with Gasteiger partial charge in [0.1, 0.15) is 6.17 Å². The molecule has 0 aromatic heterocycles. The van der Waals surface area contributed by atoms with Gasteiger partial charge in [-0.3, -0.25) is 9.59 Å². The van der Waals surface area contributed by atoms with E-state index in [0.717, 1.165) is 37.1 Å². The van der Waals surface area contributed by atoms with E-state index in [1.807, 2.05) is 36.4 Å². The molecular weight excluding hydrogens is 370 g/mol. The number of nitrogens with one attached hydrogen (secondary N) is 1. The van der Waals surface area contributed by atoms with Crippen LogP contribution in [0, 0.1) is 0 Å². The van der Waals surface area contributed by atoms with Crippen molar-refractivity contribution in [3.63, 3.8) is 0 Å². The Labute approximate surface area is 170 Å². The molecule has 5 nitrogen and oxygen atoms in total. The molecular formula is C22H25N3O2S. The van der Waals surface area contributed by atoms with Crippen LogP contribution in [0.15, 0.2) is 47.4 Å². The van der Waals surface area contributed by atoms with Gasteiger partial charge in [0.15, 0.2) is 0 Å². The maximum absolute atomic E-state index is 12.8. The minimum Gasteiger partial charge on any atom is -0.354 e. The normalized spacial score (nSPS) is 18.5. The minimum atomic E-state index is -0.122. The summed E-state index contributed by atoms with van der Waals surface area (Å²) in [5.74, 6) is -0.0395. The molecule has 146 valence electrons. The van der Waals surface area contributed by atoms with Crippen LogP contribution in [0.3, 0.4) is 0 Å². The van der Waals surface area contributed by atoms with Crippen molar-refractivity contribution in [2.24, 2.45) is 0 Å². The summed E-state index contributed by atoms with van der Waals surface area (Å²) in [6.45, 7) is 1.29. The Balaban J connectivity index is 1.50. The molecule has 2 amide bonds. The van der Waals surface area contributed by atoms with Gasteiger partial charge < -0.3 is 15.1 Å². The molecule has 2 aliphatic rings. The first kappa shape index (κ1) is 18.9. The summed E-state index contributed by atoms with van der Waals surface area (Å²) in [5.41, 5.74) is 3.19. The van der Waals surface area contributed by atoms with Gasteiger partial charge in [0, 0.05) is 30.6 Å².